The molecule has 0 atom stereocenters. The summed E-state index contributed by atoms with van der Waals surface area (Å²) in [4.78, 5) is 0. The summed E-state index contributed by atoms with van der Waals surface area (Å²) < 4.78 is 12.9. The van der Waals surface area contributed by atoms with Gasteiger partial charge in [-0.05, 0) is 171 Å². The fraction of sp³-hybridized carbons (Fsp3) is 0.394. The molecule has 1 heterocycles. The molecule has 0 amide bonds. The molecule has 0 aromatic heterocycles. The van der Waals surface area contributed by atoms with Crippen molar-refractivity contribution in [2.24, 2.45) is 0 Å². The number of hydrogen-bond donors (Lipinski definition) is 0. The molecule has 2 nitrogen and oxygen atoms in total. The first-order chi connectivity index (χ1) is 16.4. The first-order valence-corrected chi connectivity index (χ1v) is 12.7. The number of ether oxygens (including phenoxy) is 2. The molecular formula is C33H38O2. The van der Waals surface area contributed by atoms with Gasteiger partial charge < -0.3 is 9.47 Å². The van der Waals surface area contributed by atoms with Crippen LogP contribution in [0.15, 0.2) is 0 Å². The molecule has 0 fully saturated rings. The molecule has 2 heteroatoms. The van der Waals surface area contributed by atoms with Crippen molar-refractivity contribution in [2.75, 3.05) is 6.79 Å². The summed E-state index contributed by atoms with van der Waals surface area (Å²) in [5.74, 6) is 1.94. The molecule has 0 unspecified atom stereocenters. The lowest BCUT2D eigenvalue weighted by Gasteiger charge is -2.25. The molecule has 4 aromatic rings. The van der Waals surface area contributed by atoms with E-state index in [0.717, 1.165) is 11.5 Å². The maximum Gasteiger partial charge on any atom is 0.230 e. The van der Waals surface area contributed by atoms with Crippen molar-refractivity contribution < 1.29 is 9.47 Å². The van der Waals surface area contributed by atoms with E-state index in [2.05, 4.69) is 83.1 Å². The van der Waals surface area contributed by atoms with E-state index in [1.807, 2.05) is 0 Å². The van der Waals surface area contributed by atoms with E-state index in [-0.39, 0.29) is 6.79 Å². The predicted octanol–water partition coefficient (Wildman–Crippen LogP) is 9.09. The van der Waals surface area contributed by atoms with Crippen LogP contribution < -0.4 is 9.47 Å². The summed E-state index contributed by atoms with van der Waals surface area (Å²) in [7, 11) is 0. The predicted molar refractivity (Wildman–Crippen MR) is 150 cm³/mol. The number of rotatable bonds is 0. The lowest BCUT2D eigenvalue weighted by Crippen LogP contribution is -2.07. The highest BCUT2D eigenvalue weighted by molar-refractivity contribution is 6.08. The second-order valence-electron chi connectivity index (χ2n) is 10.8. The average Bonchev–Trinajstić information content (AvgIpc) is 3.04. The lowest BCUT2D eigenvalue weighted by molar-refractivity contribution is 0.123. The number of hydrogen-bond acceptors (Lipinski definition) is 2. The van der Waals surface area contributed by atoms with Crippen molar-refractivity contribution in [3.05, 3.63) is 66.8 Å². The Kier molecular flexibility index (Phi) is 5.25. The van der Waals surface area contributed by atoms with Crippen LogP contribution >= 0.6 is 0 Å². The van der Waals surface area contributed by atoms with Gasteiger partial charge in [-0.2, -0.15) is 0 Å². The summed E-state index contributed by atoms with van der Waals surface area (Å²) >= 11 is 0. The van der Waals surface area contributed by atoms with Crippen LogP contribution in [-0.4, -0.2) is 6.79 Å². The zero-order valence-electron chi connectivity index (χ0n) is 23.5. The monoisotopic (exact) mass is 466 g/mol. The summed E-state index contributed by atoms with van der Waals surface area (Å²) in [5.41, 5.74) is 18.4. The molecule has 182 valence electrons. The molecule has 1 aliphatic heterocycles. The van der Waals surface area contributed by atoms with E-state index in [1.165, 1.54) is 99.4 Å². The maximum absolute atomic E-state index is 6.44. The van der Waals surface area contributed by atoms with Gasteiger partial charge in [-0.15, -0.1) is 0 Å². The van der Waals surface area contributed by atoms with E-state index in [0.29, 0.717) is 0 Å². The lowest BCUT2D eigenvalue weighted by atomic mass is 9.79. The Bertz CT molecular complexity index is 1490. The average molecular weight is 467 g/mol. The summed E-state index contributed by atoms with van der Waals surface area (Å²) in [6, 6.07) is 0. The third kappa shape index (κ3) is 2.89. The Morgan fingerprint density at radius 3 is 0.857 bits per heavy atom. The summed E-state index contributed by atoms with van der Waals surface area (Å²) in [6.07, 6.45) is 0. The molecule has 0 N–H and O–H groups in total. The van der Waals surface area contributed by atoms with Crippen molar-refractivity contribution in [2.45, 2.75) is 83.1 Å². The largest absolute Gasteiger partial charge is 0.457 e. The Balaban J connectivity index is 2.08. The van der Waals surface area contributed by atoms with Crippen LogP contribution in [-0.2, 0) is 0 Å². The highest BCUT2D eigenvalue weighted by Gasteiger charge is 2.30. The standard InChI is InChI=1S/C33H38O2/c1-14-16(3)20(7)28-24(11)32-30(22(9)26(28)18(14)5)31-23(10)27-19(6)15(2)17(4)21(8)29(27)25(12)33(31)35-13-34-32/h13H2,1-12H3. The van der Waals surface area contributed by atoms with Crippen LogP contribution in [0.25, 0.3) is 32.7 Å². The Morgan fingerprint density at radius 2 is 0.571 bits per heavy atom. The number of benzene rings is 4. The van der Waals surface area contributed by atoms with Crippen molar-refractivity contribution >= 4 is 21.5 Å². The van der Waals surface area contributed by atoms with Crippen LogP contribution in [0.4, 0.5) is 0 Å². The zero-order valence-corrected chi connectivity index (χ0v) is 23.5. The quantitative estimate of drug-likeness (QED) is 0.257. The van der Waals surface area contributed by atoms with Crippen molar-refractivity contribution in [1.29, 1.82) is 0 Å². The second-order valence-corrected chi connectivity index (χ2v) is 10.8. The van der Waals surface area contributed by atoms with Crippen molar-refractivity contribution in [3.8, 4) is 22.6 Å². The highest BCUT2D eigenvalue weighted by atomic mass is 16.7. The Labute approximate surface area is 210 Å². The van der Waals surface area contributed by atoms with Gasteiger partial charge >= 0.3 is 0 Å². The van der Waals surface area contributed by atoms with E-state index >= 15 is 0 Å². The van der Waals surface area contributed by atoms with Crippen molar-refractivity contribution in [1.82, 2.24) is 0 Å². The van der Waals surface area contributed by atoms with Gasteiger partial charge in [0.25, 0.3) is 0 Å². The van der Waals surface area contributed by atoms with Crippen LogP contribution in [0.2, 0.25) is 0 Å². The van der Waals surface area contributed by atoms with Crippen molar-refractivity contribution in [3.63, 3.8) is 0 Å². The molecular weight excluding hydrogens is 428 g/mol. The fourth-order valence-electron chi connectivity index (χ4n) is 6.80. The molecule has 4 aromatic carbocycles. The molecule has 1 aliphatic rings. The molecule has 0 aliphatic carbocycles. The molecule has 0 radical (unpaired) electrons. The third-order valence-electron chi connectivity index (χ3n) is 9.42. The van der Waals surface area contributed by atoms with Crippen LogP contribution in [0.1, 0.15) is 66.8 Å². The van der Waals surface area contributed by atoms with Crippen LogP contribution in [0, 0.1) is 83.1 Å². The molecule has 35 heavy (non-hydrogen) atoms. The third-order valence-corrected chi connectivity index (χ3v) is 9.42. The van der Waals surface area contributed by atoms with Gasteiger partial charge in [0, 0.05) is 11.1 Å². The fourth-order valence-corrected chi connectivity index (χ4v) is 6.80. The summed E-state index contributed by atoms with van der Waals surface area (Å²) in [6.45, 7) is 27.3. The van der Waals surface area contributed by atoms with Gasteiger partial charge in [-0.25, -0.2) is 0 Å². The molecule has 5 rings (SSSR count). The first kappa shape index (κ1) is 23.7. The zero-order chi connectivity index (χ0) is 25.7. The first-order valence-electron chi connectivity index (χ1n) is 12.7. The minimum atomic E-state index is 0.226. The van der Waals surface area contributed by atoms with Gasteiger partial charge in [-0.3, -0.25) is 0 Å². The van der Waals surface area contributed by atoms with Gasteiger partial charge in [-0.1, -0.05) is 0 Å². The smallest absolute Gasteiger partial charge is 0.230 e. The number of fused-ring (bicyclic) bond motifs is 5. The van der Waals surface area contributed by atoms with E-state index in [4.69, 9.17) is 9.47 Å². The minimum absolute atomic E-state index is 0.226. The minimum Gasteiger partial charge on any atom is -0.457 e. The SMILES string of the molecule is Cc1c(C)c(C)c2c(C)c3c(c(C)c2c1C)OCOc1c-3c(C)c2c(C)c(C)c(C)c(C)c2c1C. The van der Waals surface area contributed by atoms with Gasteiger partial charge in [0.2, 0.25) is 6.79 Å². The topological polar surface area (TPSA) is 18.5 Å². The van der Waals surface area contributed by atoms with Crippen LogP contribution in [0.5, 0.6) is 11.5 Å². The second kappa shape index (κ2) is 7.75. The van der Waals surface area contributed by atoms with E-state index in [9.17, 15) is 0 Å². The molecule has 0 saturated carbocycles. The summed E-state index contributed by atoms with van der Waals surface area (Å²) in [5, 5.41) is 5.39. The molecule has 0 spiro atoms. The number of aryl methyl sites for hydroxylation is 8. The van der Waals surface area contributed by atoms with Gasteiger partial charge in [0.05, 0.1) is 0 Å². The maximum atomic E-state index is 6.44. The molecule has 0 saturated heterocycles. The van der Waals surface area contributed by atoms with Crippen LogP contribution in [0.3, 0.4) is 0 Å². The van der Waals surface area contributed by atoms with Gasteiger partial charge in [0.1, 0.15) is 11.5 Å². The normalized spacial score (nSPS) is 12.9. The van der Waals surface area contributed by atoms with E-state index in [1.54, 1.807) is 0 Å². The Morgan fingerprint density at radius 1 is 0.314 bits per heavy atom. The van der Waals surface area contributed by atoms with E-state index < -0.39 is 0 Å². The highest BCUT2D eigenvalue weighted by Crippen LogP contribution is 2.53. The van der Waals surface area contributed by atoms with Gasteiger partial charge in [0.15, 0.2) is 0 Å². The molecule has 0 bridgehead atoms. The Hall–Kier alpha value is -3.00.